The molecule has 2 N–H and O–H groups in total. The molecule has 0 saturated carbocycles. The minimum absolute atomic E-state index is 0.248. The van der Waals surface area contributed by atoms with Gasteiger partial charge in [0.2, 0.25) is 0 Å². The van der Waals surface area contributed by atoms with E-state index in [1.54, 1.807) is 62.4 Å². The van der Waals surface area contributed by atoms with Crippen molar-refractivity contribution in [2.75, 3.05) is 23.4 Å². The zero-order chi connectivity index (χ0) is 28.1. The van der Waals surface area contributed by atoms with Crippen molar-refractivity contribution in [2.45, 2.75) is 20.8 Å². The summed E-state index contributed by atoms with van der Waals surface area (Å²) in [7, 11) is 0. The first-order valence-corrected chi connectivity index (χ1v) is 12.5. The van der Waals surface area contributed by atoms with Crippen LogP contribution in [0.15, 0.2) is 66.2 Å². The van der Waals surface area contributed by atoms with Gasteiger partial charge in [0.25, 0.3) is 17.7 Å². The summed E-state index contributed by atoms with van der Waals surface area (Å²) in [5.41, 5.74) is 2.71. The van der Waals surface area contributed by atoms with Crippen molar-refractivity contribution in [3.63, 3.8) is 0 Å². The highest BCUT2D eigenvalue weighted by Crippen LogP contribution is 2.32. The molecule has 0 atom stereocenters. The predicted octanol–water partition coefficient (Wildman–Crippen LogP) is 5.04. The van der Waals surface area contributed by atoms with E-state index in [0.29, 0.717) is 39.9 Å². The maximum atomic E-state index is 13.3. The molecule has 1 saturated heterocycles. The second-order valence-corrected chi connectivity index (χ2v) is 9.09. The average molecular weight is 548 g/mol. The zero-order valence-electron chi connectivity index (χ0n) is 21.5. The normalized spacial score (nSPS) is 14.3. The molecule has 0 aliphatic carbocycles. The van der Waals surface area contributed by atoms with Crippen LogP contribution in [0.4, 0.5) is 16.2 Å². The Morgan fingerprint density at radius 2 is 1.74 bits per heavy atom. The number of ether oxygens (including phenoxy) is 2. The molecule has 200 valence electrons. The molecule has 5 amide bonds. The number of rotatable bonds is 8. The number of anilines is 2. The largest absolute Gasteiger partial charge is 0.490 e. The van der Waals surface area contributed by atoms with Crippen LogP contribution >= 0.6 is 11.6 Å². The van der Waals surface area contributed by atoms with Gasteiger partial charge in [0, 0.05) is 10.7 Å². The molecule has 0 unspecified atom stereocenters. The Labute approximate surface area is 230 Å². The lowest BCUT2D eigenvalue weighted by molar-refractivity contribution is -0.122. The standard InChI is InChI=1S/C29H26ClN3O6/c1-4-38-25-15-19(10-13-24(25)39-16-26(34)31-20-11-8-17(2)9-12-20)14-21-27(35)32-29(37)33(28(21)36)23-7-5-6-22(30)18(23)3/h5-15H,4,16H2,1-3H3,(H,31,34)(H,32,35,37)/b21-14+. The van der Waals surface area contributed by atoms with Gasteiger partial charge < -0.3 is 14.8 Å². The average Bonchev–Trinajstić information content (AvgIpc) is 2.90. The van der Waals surface area contributed by atoms with E-state index >= 15 is 0 Å². The number of nitrogens with one attached hydrogen (secondary N) is 2. The van der Waals surface area contributed by atoms with Crippen molar-refractivity contribution >= 4 is 52.8 Å². The third-order valence-corrected chi connectivity index (χ3v) is 6.26. The smallest absolute Gasteiger partial charge is 0.335 e. The van der Waals surface area contributed by atoms with Crippen LogP contribution in [0.2, 0.25) is 5.02 Å². The van der Waals surface area contributed by atoms with Gasteiger partial charge in [-0.3, -0.25) is 19.7 Å². The number of halogens is 1. The lowest BCUT2D eigenvalue weighted by Gasteiger charge is -2.27. The molecule has 1 heterocycles. The summed E-state index contributed by atoms with van der Waals surface area (Å²) >= 11 is 6.17. The number of benzene rings is 3. The summed E-state index contributed by atoms with van der Waals surface area (Å²) in [6.45, 7) is 5.46. The molecule has 9 nitrogen and oxygen atoms in total. The van der Waals surface area contributed by atoms with Gasteiger partial charge in [-0.2, -0.15) is 0 Å². The number of hydrogen-bond donors (Lipinski definition) is 2. The van der Waals surface area contributed by atoms with Crippen molar-refractivity contribution < 1.29 is 28.7 Å². The fourth-order valence-electron chi connectivity index (χ4n) is 3.86. The van der Waals surface area contributed by atoms with Crippen LogP contribution in [-0.2, 0) is 14.4 Å². The number of aryl methyl sites for hydroxylation is 1. The summed E-state index contributed by atoms with van der Waals surface area (Å²) in [4.78, 5) is 51.6. The van der Waals surface area contributed by atoms with Gasteiger partial charge in [0.15, 0.2) is 18.1 Å². The van der Waals surface area contributed by atoms with Crippen molar-refractivity contribution in [2.24, 2.45) is 0 Å². The molecule has 0 radical (unpaired) electrons. The van der Waals surface area contributed by atoms with E-state index in [-0.39, 0.29) is 23.8 Å². The van der Waals surface area contributed by atoms with Crippen LogP contribution in [0.1, 0.15) is 23.6 Å². The highest BCUT2D eigenvalue weighted by Gasteiger charge is 2.37. The quantitative estimate of drug-likeness (QED) is 0.302. The molecule has 10 heteroatoms. The molecular formula is C29H26ClN3O6. The maximum absolute atomic E-state index is 13.3. The number of barbiturate groups is 1. The number of imide groups is 2. The Morgan fingerprint density at radius 1 is 1.00 bits per heavy atom. The number of carbonyl (C=O) groups is 4. The van der Waals surface area contributed by atoms with Crippen LogP contribution in [0.3, 0.4) is 0 Å². The Bertz CT molecular complexity index is 1480. The van der Waals surface area contributed by atoms with E-state index < -0.39 is 17.8 Å². The number of carbonyl (C=O) groups excluding carboxylic acids is 4. The maximum Gasteiger partial charge on any atom is 0.335 e. The van der Waals surface area contributed by atoms with E-state index in [9.17, 15) is 19.2 Å². The van der Waals surface area contributed by atoms with Gasteiger partial charge in [-0.15, -0.1) is 0 Å². The van der Waals surface area contributed by atoms with Crippen molar-refractivity contribution in [3.8, 4) is 11.5 Å². The van der Waals surface area contributed by atoms with Crippen LogP contribution in [0.25, 0.3) is 6.08 Å². The number of amides is 5. The lowest BCUT2D eigenvalue weighted by atomic mass is 10.1. The van der Waals surface area contributed by atoms with Crippen LogP contribution in [0.5, 0.6) is 11.5 Å². The van der Waals surface area contributed by atoms with Gasteiger partial charge in [0.05, 0.1) is 12.3 Å². The molecule has 1 aliphatic rings. The summed E-state index contributed by atoms with van der Waals surface area (Å²) in [6.07, 6.45) is 1.35. The van der Waals surface area contributed by atoms with Crippen molar-refractivity contribution in [1.82, 2.24) is 5.32 Å². The molecular weight excluding hydrogens is 522 g/mol. The number of nitrogens with zero attached hydrogens (tertiary/aromatic N) is 1. The zero-order valence-corrected chi connectivity index (χ0v) is 22.3. The van der Waals surface area contributed by atoms with Crippen LogP contribution in [-0.4, -0.2) is 37.0 Å². The molecule has 0 spiro atoms. The van der Waals surface area contributed by atoms with E-state index in [4.69, 9.17) is 21.1 Å². The van der Waals surface area contributed by atoms with E-state index in [1.165, 1.54) is 6.08 Å². The first-order chi connectivity index (χ1) is 18.7. The molecule has 0 aromatic heterocycles. The number of hydrogen-bond acceptors (Lipinski definition) is 6. The highest BCUT2D eigenvalue weighted by atomic mass is 35.5. The third-order valence-electron chi connectivity index (χ3n) is 5.85. The third kappa shape index (κ3) is 6.27. The lowest BCUT2D eigenvalue weighted by Crippen LogP contribution is -2.54. The minimum Gasteiger partial charge on any atom is -0.490 e. The molecule has 1 aliphatic heterocycles. The molecule has 1 fully saturated rings. The van der Waals surface area contributed by atoms with Gasteiger partial charge in [0.1, 0.15) is 5.57 Å². The second kappa shape index (κ2) is 11.8. The first-order valence-electron chi connectivity index (χ1n) is 12.1. The second-order valence-electron chi connectivity index (χ2n) is 8.68. The fourth-order valence-corrected chi connectivity index (χ4v) is 4.03. The van der Waals surface area contributed by atoms with E-state index in [2.05, 4.69) is 10.6 Å². The first kappa shape index (κ1) is 27.4. The SMILES string of the molecule is CCOc1cc(/C=C2\C(=O)NC(=O)N(c3cccc(Cl)c3C)C2=O)ccc1OCC(=O)Nc1ccc(C)cc1. The predicted molar refractivity (Wildman–Crippen MR) is 148 cm³/mol. The Kier molecular flexibility index (Phi) is 8.31. The van der Waals surface area contributed by atoms with E-state index in [0.717, 1.165) is 10.5 Å². The van der Waals surface area contributed by atoms with Gasteiger partial charge in [-0.25, -0.2) is 9.69 Å². The fraction of sp³-hybridized carbons (Fsp3) is 0.172. The molecule has 0 bridgehead atoms. The number of urea groups is 1. The van der Waals surface area contributed by atoms with Crippen molar-refractivity contribution in [3.05, 3.63) is 87.9 Å². The molecule has 3 aromatic rings. The molecule has 39 heavy (non-hydrogen) atoms. The van der Waals surface area contributed by atoms with Gasteiger partial charge in [-0.1, -0.05) is 41.4 Å². The Morgan fingerprint density at radius 3 is 2.46 bits per heavy atom. The Balaban J connectivity index is 1.55. The van der Waals surface area contributed by atoms with Gasteiger partial charge in [-0.05, 0) is 74.4 Å². The van der Waals surface area contributed by atoms with Crippen LogP contribution < -0.4 is 25.0 Å². The molecule has 3 aromatic carbocycles. The van der Waals surface area contributed by atoms with Crippen molar-refractivity contribution in [1.29, 1.82) is 0 Å². The highest BCUT2D eigenvalue weighted by molar-refractivity contribution is 6.40. The summed E-state index contributed by atoms with van der Waals surface area (Å²) in [5.74, 6) is -1.34. The monoisotopic (exact) mass is 547 g/mol. The topological polar surface area (TPSA) is 114 Å². The van der Waals surface area contributed by atoms with Crippen LogP contribution in [0, 0.1) is 13.8 Å². The summed E-state index contributed by atoms with van der Waals surface area (Å²) in [6, 6.07) is 16.1. The summed E-state index contributed by atoms with van der Waals surface area (Å²) in [5, 5.41) is 5.33. The summed E-state index contributed by atoms with van der Waals surface area (Å²) < 4.78 is 11.3. The minimum atomic E-state index is -0.866. The van der Waals surface area contributed by atoms with Gasteiger partial charge >= 0.3 is 6.03 Å². The Hall–Kier alpha value is -4.63. The van der Waals surface area contributed by atoms with E-state index in [1.807, 2.05) is 19.1 Å². The molecule has 4 rings (SSSR count).